The largest absolute Gasteiger partial charge is 0.340 e. The lowest BCUT2D eigenvalue weighted by Gasteiger charge is -2.38. The molecule has 0 aliphatic carbocycles. The molecule has 1 amide bonds. The Morgan fingerprint density at radius 3 is 2.36 bits per heavy atom. The first kappa shape index (κ1) is 23.7. The summed E-state index contributed by atoms with van der Waals surface area (Å²) in [5.74, 6) is -0.165. The second kappa shape index (κ2) is 10.6. The molecule has 2 saturated heterocycles. The number of hydrogen-bond donors (Lipinski definition) is 0. The van der Waals surface area contributed by atoms with E-state index < -0.39 is 10.0 Å². The molecule has 0 radical (unpaired) electrons. The van der Waals surface area contributed by atoms with Crippen molar-refractivity contribution in [2.24, 2.45) is 5.92 Å². The average molecular weight is 468 g/mol. The predicted octanol–water partition coefficient (Wildman–Crippen LogP) is 3.25. The Balaban J connectivity index is 1.29. The van der Waals surface area contributed by atoms with Crippen LogP contribution in [0.1, 0.15) is 24.0 Å². The quantitative estimate of drug-likeness (QED) is 0.654. The van der Waals surface area contributed by atoms with E-state index in [4.69, 9.17) is 0 Å². The van der Waals surface area contributed by atoms with Crippen LogP contribution in [-0.4, -0.2) is 74.2 Å². The van der Waals surface area contributed by atoms with Gasteiger partial charge in [-0.3, -0.25) is 9.69 Å². The van der Waals surface area contributed by atoms with E-state index in [9.17, 15) is 13.2 Å². The lowest BCUT2D eigenvalue weighted by molar-refractivity contribution is -0.138. The van der Waals surface area contributed by atoms with Gasteiger partial charge in [0.2, 0.25) is 15.9 Å². The smallest absolute Gasteiger partial charge is 0.243 e. The van der Waals surface area contributed by atoms with Gasteiger partial charge in [-0.1, -0.05) is 60.2 Å². The van der Waals surface area contributed by atoms with E-state index >= 15 is 0 Å². The molecule has 2 aromatic carbocycles. The molecule has 4 rings (SSSR count). The zero-order valence-corrected chi connectivity index (χ0v) is 20.1. The van der Waals surface area contributed by atoms with Crippen LogP contribution < -0.4 is 0 Å². The van der Waals surface area contributed by atoms with Crippen molar-refractivity contribution in [3.8, 4) is 0 Å². The van der Waals surface area contributed by atoms with Gasteiger partial charge in [-0.05, 0) is 37.5 Å². The van der Waals surface area contributed by atoms with Gasteiger partial charge >= 0.3 is 0 Å². The molecule has 2 aliphatic rings. The van der Waals surface area contributed by atoms with E-state index in [1.807, 2.05) is 42.2 Å². The first-order chi connectivity index (χ1) is 15.9. The average Bonchev–Trinajstić information content (AvgIpc) is 2.85. The number of piperazine rings is 1. The third-order valence-electron chi connectivity index (χ3n) is 6.55. The van der Waals surface area contributed by atoms with E-state index in [2.05, 4.69) is 29.2 Å². The molecule has 6 nitrogen and oxygen atoms in total. The number of benzene rings is 2. The highest BCUT2D eigenvalue weighted by molar-refractivity contribution is 7.89. The van der Waals surface area contributed by atoms with Crippen molar-refractivity contribution in [1.82, 2.24) is 14.1 Å². The summed E-state index contributed by atoms with van der Waals surface area (Å²) in [5.41, 5.74) is 2.21. The minimum atomic E-state index is -3.57. The molecule has 2 heterocycles. The van der Waals surface area contributed by atoms with Crippen LogP contribution in [0.2, 0.25) is 0 Å². The van der Waals surface area contributed by atoms with Gasteiger partial charge in [0.1, 0.15) is 0 Å². The maximum Gasteiger partial charge on any atom is 0.243 e. The number of nitrogens with zero attached hydrogens (tertiary/aromatic N) is 3. The predicted molar refractivity (Wildman–Crippen MR) is 131 cm³/mol. The molecule has 2 aliphatic heterocycles. The Bertz CT molecular complexity index is 1060. The molecule has 1 atom stereocenters. The third kappa shape index (κ3) is 5.91. The Morgan fingerprint density at radius 1 is 0.970 bits per heavy atom. The Labute approximate surface area is 197 Å². The fraction of sp³-hybridized carbons (Fsp3) is 0.423. The van der Waals surface area contributed by atoms with Crippen molar-refractivity contribution in [1.29, 1.82) is 0 Å². The molecule has 0 N–H and O–H groups in total. The monoisotopic (exact) mass is 467 g/mol. The van der Waals surface area contributed by atoms with Gasteiger partial charge in [-0.25, -0.2) is 8.42 Å². The molecular weight excluding hydrogens is 434 g/mol. The highest BCUT2D eigenvalue weighted by Gasteiger charge is 2.35. The molecule has 176 valence electrons. The van der Waals surface area contributed by atoms with Gasteiger partial charge in [-0.15, -0.1) is 0 Å². The molecule has 0 unspecified atom stereocenters. The second-order valence-corrected chi connectivity index (χ2v) is 10.9. The summed E-state index contributed by atoms with van der Waals surface area (Å²) in [6, 6.07) is 17.2. The summed E-state index contributed by atoms with van der Waals surface area (Å²) in [6.07, 6.45) is 5.76. The topological polar surface area (TPSA) is 60.9 Å². The van der Waals surface area contributed by atoms with E-state index in [1.54, 1.807) is 12.1 Å². The SMILES string of the molecule is Cc1ccc(S(=O)(=O)N2CCC[C@@H](C(=O)N3CCN(C/C=C/c4ccccc4)CC3)C2)cc1. The van der Waals surface area contributed by atoms with Crippen LogP contribution in [0, 0.1) is 12.8 Å². The van der Waals surface area contributed by atoms with Gasteiger partial charge in [-0.2, -0.15) is 4.31 Å². The normalized spacial score (nSPS) is 20.9. The second-order valence-electron chi connectivity index (χ2n) is 8.95. The molecule has 0 spiro atoms. The summed E-state index contributed by atoms with van der Waals surface area (Å²) in [7, 11) is -3.57. The number of carbonyl (C=O) groups excluding carboxylic acids is 1. The minimum Gasteiger partial charge on any atom is -0.340 e. The Kier molecular flexibility index (Phi) is 7.63. The van der Waals surface area contributed by atoms with E-state index in [-0.39, 0.29) is 18.4 Å². The fourth-order valence-corrected chi connectivity index (χ4v) is 6.06. The van der Waals surface area contributed by atoms with Gasteiger partial charge in [0.25, 0.3) is 0 Å². The van der Waals surface area contributed by atoms with Crippen molar-refractivity contribution in [2.75, 3.05) is 45.8 Å². The molecule has 33 heavy (non-hydrogen) atoms. The van der Waals surface area contributed by atoms with E-state index in [1.165, 1.54) is 9.87 Å². The van der Waals surface area contributed by atoms with Crippen LogP contribution in [0.3, 0.4) is 0 Å². The highest BCUT2D eigenvalue weighted by atomic mass is 32.2. The zero-order valence-electron chi connectivity index (χ0n) is 19.3. The van der Waals surface area contributed by atoms with Crippen LogP contribution >= 0.6 is 0 Å². The number of carbonyl (C=O) groups is 1. The third-order valence-corrected chi connectivity index (χ3v) is 8.43. The van der Waals surface area contributed by atoms with Gasteiger partial charge in [0, 0.05) is 45.8 Å². The van der Waals surface area contributed by atoms with Gasteiger partial charge < -0.3 is 4.90 Å². The number of hydrogen-bond acceptors (Lipinski definition) is 4. The molecule has 7 heteroatoms. The van der Waals surface area contributed by atoms with Crippen molar-refractivity contribution >= 4 is 22.0 Å². The number of aryl methyl sites for hydroxylation is 1. The maximum absolute atomic E-state index is 13.2. The molecular formula is C26H33N3O3S. The molecule has 2 aromatic rings. The van der Waals surface area contributed by atoms with Crippen molar-refractivity contribution < 1.29 is 13.2 Å². The number of sulfonamides is 1. The Morgan fingerprint density at radius 2 is 1.67 bits per heavy atom. The summed E-state index contributed by atoms with van der Waals surface area (Å²) in [6.45, 7) is 6.61. The highest BCUT2D eigenvalue weighted by Crippen LogP contribution is 2.25. The first-order valence-electron chi connectivity index (χ1n) is 11.7. The summed E-state index contributed by atoms with van der Waals surface area (Å²) in [4.78, 5) is 17.8. The van der Waals surface area contributed by atoms with Crippen LogP contribution in [0.15, 0.2) is 65.6 Å². The molecule has 0 saturated carbocycles. The van der Waals surface area contributed by atoms with Crippen molar-refractivity contribution in [2.45, 2.75) is 24.7 Å². The van der Waals surface area contributed by atoms with Crippen LogP contribution in [-0.2, 0) is 14.8 Å². The lowest BCUT2D eigenvalue weighted by Crippen LogP contribution is -2.53. The summed E-state index contributed by atoms with van der Waals surface area (Å²) >= 11 is 0. The summed E-state index contributed by atoms with van der Waals surface area (Å²) in [5, 5.41) is 0. The first-order valence-corrected chi connectivity index (χ1v) is 13.2. The van der Waals surface area contributed by atoms with Crippen LogP contribution in [0.25, 0.3) is 6.08 Å². The van der Waals surface area contributed by atoms with E-state index in [0.717, 1.165) is 31.6 Å². The van der Waals surface area contributed by atoms with Gasteiger partial charge in [0.05, 0.1) is 10.8 Å². The molecule has 0 aromatic heterocycles. The van der Waals surface area contributed by atoms with Gasteiger partial charge in [0.15, 0.2) is 0 Å². The fourth-order valence-electron chi connectivity index (χ4n) is 4.53. The van der Waals surface area contributed by atoms with E-state index in [0.29, 0.717) is 31.0 Å². The summed E-state index contributed by atoms with van der Waals surface area (Å²) < 4.78 is 27.6. The number of rotatable bonds is 6. The maximum atomic E-state index is 13.2. The Hall–Kier alpha value is -2.48. The van der Waals surface area contributed by atoms with Crippen LogP contribution in [0.5, 0.6) is 0 Å². The zero-order chi connectivity index (χ0) is 23.3. The number of amides is 1. The van der Waals surface area contributed by atoms with Crippen molar-refractivity contribution in [3.63, 3.8) is 0 Å². The number of piperidine rings is 1. The van der Waals surface area contributed by atoms with Crippen molar-refractivity contribution in [3.05, 3.63) is 71.8 Å². The lowest BCUT2D eigenvalue weighted by atomic mass is 9.98. The standard InChI is InChI=1S/C26H33N3O3S/c1-22-11-13-25(14-12-22)33(31,32)29-16-6-10-24(21-29)26(30)28-19-17-27(18-20-28)15-5-9-23-7-3-2-4-8-23/h2-5,7-9,11-14,24H,6,10,15-21H2,1H3/b9-5+/t24-/m1/s1. The van der Waals surface area contributed by atoms with Crippen LogP contribution in [0.4, 0.5) is 0 Å². The molecule has 0 bridgehead atoms. The molecule has 2 fully saturated rings. The minimum absolute atomic E-state index is 0.0956.